The molecule has 2 aromatic rings. The number of rotatable bonds is 15. The van der Waals surface area contributed by atoms with Crippen molar-refractivity contribution in [3.05, 3.63) is 83.9 Å². The molecule has 1 saturated carbocycles. The molecule has 208 valence electrons. The van der Waals surface area contributed by atoms with E-state index in [1.807, 2.05) is 36.4 Å². The molecule has 0 radical (unpaired) electrons. The molecule has 0 spiro atoms. The number of carbonyl (C=O) groups excluding carboxylic acids is 1. The maximum absolute atomic E-state index is 12.3. The summed E-state index contributed by atoms with van der Waals surface area (Å²) in [6.07, 6.45) is 10.6. The third-order valence-electron chi connectivity index (χ3n) is 7.90. The fourth-order valence-electron chi connectivity index (χ4n) is 6.28. The smallest absolute Gasteiger partial charge is 0.434 e. The van der Waals surface area contributed by atoms with Crippen LogP contribution < -0.4 is 0 Å². The van der Waals surface area contributed by atoms with Crippen LogP contribution >= 0.6 is 0 Å². The predicted octanol–water partition coefficient (Wildman–Crippen LogP) is 9.44. The Bertz CT molecular complexity index is 915. The van der Waals surface area contributed by atoms with Gasteiger partial charge >= 0.3 is 6.16 Å². The van der Waals surface area contributed by atoms with Gasteiger partial charge in [0.2, 0.25) is 0 Å². The first-order valence-electron chi connectivity index (χ1n) is 14.7. The second-order valence-corrected chi connectivity index (χ2v) is 11.1. The highest BCUT2D eigenvalue weighted by atomic mass is 16.8. The zero-order valence-electron chi connectivity index (χ0n) is 23.8. The summed E-state index contributed by atoms with van der Waals surface area (Å²) in [5.41, 5.74) is 2.05. The first kappa shape index (κ1) is 30.0. The lowest BCUT2D eigenvalue weighted by Crippen LogP contribution is -2.36. The van der Waals surface area contributed by atoms with Gasteiger partial charge in [0.05, 0.1) is 6.61 Å². The van der Waals surface area contributed by atoms with Gasteiger partial charge in [-0.2, -0.15) is 0 Å². The Labute approximate surface area is 230 Å². The Morgan fingerprint density at radius 3 is 2.08 bits per heavy atom. The quantitative estimate of drug-likeness (QED) is 0.102. The van der Waals surface area contributed by atoms with E-state index in [1.54, 1.807) is 0 Å². The van der Waals surface area contributed by atoms with Gasteiger partial charge in [-0.1, -0.05) is 120 Å². The van der Waals surface area contributed by atoms with Gasteiger partial charge in [-0.15, -0.1) is 0 Å². The van der Waals surface area contributed by atoms with Crippen LogP contribution in [0.4, 0.5) is 4.79 Å². The van der Waals surface area contributed by atoms with E-state index in [0.717, 1.165) is 60.6 Å². The fourth-order valence-corrected chi connectivity index (χ4v) is 6.28. The monoisotopic (exact) mass is 520 g/mol. The maximum Gasteiger partial charge on any atom is 0.510 e. The SMILES string of the molecule is C=C(CC1CC(C)CC(CCC)C1)C(OCOC(=O)OCCCCCC)(c1ccccc1)c1ccccc1. The first-order chi connectivity index (χ1) is 18.5. The second kappa shape index (κ2) is 15.7. The Morgan fingerprint density at radius 2 is 1.47 bits per heavy atom. The standard InChI is InChI=1S/C34H48O4/c1-5-7-8-15-21-36-33(35)37-26-38-34(31-17-11-9-12-18-31,32-19-13-10-14-20-32)28(4)24-30-23-27(3)22-29(25-30)16-6-2/h9-14,17-20,27,29-30H,4-8,15-16,21-26H2,1-3H3. The van der Waals surface area contributed by atoms with Gasteiger partial charge in [-0.05, 0) is 66.6 Å². The molecule has 0 heterocycles. The summed E-state index contributed by atoms with van der Waals surface area (Å²) in [5.74, 6) is 2.06. The van der Waals surface area contributed by atoms with Crippen LogP contribution in [0.1, 0.15) is 96.1 Å². The number of hydrogen-bond donors (Lipinski definition) is 0. The van der Waals surface area contributed by atoms with Crippen molar-refractivity contribution in [2.75, 3.05) is 13.4 Å². The van der Waals surface area contributed by atoms with Crippen LogP contribution in [0.25, 0.3) is 0 Å². The summed E-state index contributed by atoms with van der Waals surface area (Å²) < 4.78 is 17.3. The van der Waals surface area contributed by atoms with Crippen LogP contribution in [0, 0.1) is 17.8 Å². The molecule has 4 heteroatoms. The van der Waals surface area contributed by atoms with Gasteiger partial charge in [-0.25, -0.2) is 4.79 Å². The molecule has 3 rings (SSSR count). The third-order valence-corrected chi connectivity index (χ3v) is 7.90. The summed E-state index contributed by atoms with van der Waals surface area (Å²) >= 11 is 0. The van der Waals surface area contributed by atoms with E-state index in [1.165, 1.54) is 32.1 Å². The van der Waals surface area contributed by atoms with E-state index in [9.17, 15) is 4.79 Å². The number of benzene rings is 2. The molecule has 0 aromatic heterocycles. The van der Waals surface area contributed by atoms with Gasteiger partial charge in [0, 0.05) is 0 Å². The highest BCUT2D eigenvalue weighted by molar-refractivity contribution is 5.59. The Balaban J connectivity index is 1.81. The van der Waals surface area contributed by atoms with Gasteiger partial charge in [0.15, 0.2) is 6.79 Å². The molecule has 38 heavy (non-hydrogen) atoms. The average molecular weight is 521 g/mol. The Morgan fingerprint density at radius 1 is 0.842 bits per heavy atom. The minimum Gasteiger partial charge on any atom is -0.434 e. The van der Waals surface area contributed by atoms with E-state index in [-0.39, 0.29) is 6.79 Å². The molecule has 1 aliphatic carbocycles. The topological polar surface area (TPSA) is 44.8 Å². The summed E-state index contributed by atoms with van der Waals surface area (Å²) in [6.45, 7) is 11.6. The van der Waals surface area contributed by atoms with Crippen LogP contribution in [0.5, 0.6) is 0 Å². The lowest BCUT2D eigenvalue weighted by atomic mass is 9.69. The predicted molar refractivity (Wildman–Crippen MR) is 155 cm³/mol. The summed E-state index contributed by atoms with van der Waals surface area (Å²) in [6, 6.07) is 20.4. The molecular formula is C34H48O4. The highest BCUT2D eigenvalue weighted by Gasteiger charge is 2.40. The molecule has 1 aliphatic rings. The minimum atomic E-state index is -0.926. The van der Waals surface area contributed by atoms with Crippen molar-refractivity contribution in [2.24, 2.45) is 17.8 Å². The zero-order valence-corrected chi connectivity index (χ0v) is 23.8. The maximum atomic E-state index is 12.3. The van der Waals surface area contributed by atoms with E-state index in [0.29, 0.717) is 12.5 Å². The lowest BCUT2D eigenvalue weighted by Gasteiger charge is -2.40. The Hall–Kier alpha value is -2.59. The van der Waals surface area contributed by atoms with Crippen LogP contribution in [-0.2, 0) is 19.8 Å². The molecule has 2 aromatic carbocycles. The van der Waals surface area contributed by atoms with Gasteiger partial charge in [0.25, 0.3) is 0 Å². The molecule has 0 N–H and O–H groups in total. The van der Waals surface area contributed by atoms with Crippen molar-refractivity contribution < 1.29 is 19.0 Å². The molecule has 0 amide bonds. The highest BCUT2D eigenvalue weighted by Crippen LogP contribution is 2.46. The third kappa shape index (κ3) is 8.46. The van der Waals surface area contributed by atoms with Crippen molar-refractivity contribution in [2.45, 2.75) is 90.6 Å². The van der Waals surface area contributed by atoms with Gasteiger partial charge in [0.1, 0.15) is 5.60 Å². The van der Waals surface area contributed by atoms with Crippen LogP contribution in [0.2, 0.25) is 0 Å². The molecule has 3 atom stereocenters. The molecule has 3 unspecified atom stereocenters. The lowest BCUT2D eigenvalue weighted by molar-refractivity contribution is -0.102. The second-order valence-electron chi connectivity index (χ2n) is 11.1. The van der Waals surface area contributed by atoms with Gasteiger partial charge < -0.3 is 14.2 Å². The number of ether oxygens (including phenoxy) is 3. The van der Waals surface area contributed by atoms with Crippen molar-refractivity contribution in [1.29, 1.82) is 0 Å². The van der Waals surface area contributed by atoms with Crippen molar-refractivity contribution >= 4 is 6.16 Å². The van der Waals surface area contributed by atoms with Gasteiger partial charge in [-0.3, -0.25) is 0 Å². The largest absolute Gasteiger partial charge is 0.510 e. The molecular weight excluding hydrogens is 472 g/mol. The van der Waals surface area contributed by atoms with Crippen LogP contribution in [0.3, 0.4) is 0 Å². The molecule has 0 bridgehead atoms. The van der Waals surface area contributed by atoms with Crippen LogP contribution in [0.15, 0.2) is 72.8 Å². The molecule has 0 saturated heterocycles. The zero-order chi connectivity index (χ0) is 27.2. The molecule has 0 aliphatic heterocycles. The number of unbranched alkanes of at least 4 members (excludes halogenated alkanes) is 3. The number of hydrogen-bond acceptors (Lipinski definition) is 4. The van der Waals surface area contributed by atoms with Crippen LogP contribution in [-0.4, -0.2) is 19.6 Å². The van der Waals surface area contributed by atoms with Crippen molar-refractivity contribution in [3.8, 4) is 0 Å². The normalized spacial score (nSPS) is 19.6. The Kier molecular flexibility index (Phi) is 12.4. The van der Waals surface area contributed by atoms with Crippen molar-refractivity contribution in [3.63, 3.8) is 0 Å². The van der Waals surface area contributed by atoms with E-state index < -0.39 is 11.8 Å². The summed E-state index contributed by atoms with van der Waals surface area (Å²) in [7, 11) is 0. The summed E-state index contributed by atoms with van der Waals surface area (Å²) in [4.78, 5) is 12.3. The van der Waals surface area contributed by atoms with E-state index in [4.69, 9.17) is 14.2 Å². The first-order valence-corrected chi connectivity index (χ1v) is 14.7. The number of carbonyl (C=O) groups is 1. The van der Waals surface area contributed by atoms with E-state index in [2.05, 4.69) is 51.6 Å². The molecule has 1 fully saturated rings. The fraction of sp³-hybridized carbons (Fsp3) is 0.559. The molecule has 4 nitrogen and oxygen atoms in total. The summed E-state index contributed by atoms with van der Waals surface area (Å²) in [5, 5.41) is 0. The van der Waals surface area contributed by atoms with Crippen molar-refractivity contribution in [1.82, 2.24) is 0 Å². The average Bonchev–Trinajstić information content (AvgIpc) is 2.92. The minimum absolute atomic E-state index is 0.212. The van der Waals surface area contributed by atoms with E-state index >= 15 is 0 Å².